The molecule has 3 aliphatic carbocycles. The number of fused-ring (bicyclic) bond motifs is 2. The van der Waals surface area contributed by atoms with Crippen LogP contribution in [0.3, 0.4) is 0 Å². The largest absolute Gasteiger partial charge is 0.332 e. The summed E-state index contributed by atoms with van der Waals surface area (Å²) in [5.41, 5.74) is 5.97. The molecule has 0 aromatic heterocycles. The third kappa shape index (κ3) is 3.67. The lowest BCUT2D eigenvalue weighted by Crippen LogP contribution is -2.50. The Kier molecular flexibility index (Phi) is 5.06. The Bertz CT molecular complexity index is 883. The zero-order valence-corrected chi connectivity index (χ0v) is 17.8. The molecule has 7 heteroatoms. The third-order valence-corrected chi connectivity index (χ3v) is 9.27. The molecule has 6 nitrogen and oxygen atoms in total. The van der Waals surface area contributed by atoms with Crippen LogP contribution in [0.15, 0.2) is 6.07 Å². The van der Waals surface area contributed by atoms with Crippen LogP contribution < -0.4 is 10.0 Å². The monoisotopic (exact) mass is 417 g/mol. The highest BCUT2D eigenvalue weighted by Crippen LogP contribution is 2.38. The van der Waals surface area contributed by atoms with E-state index in [0.717, 1.165) is 57.3 Å². The number of hydrogen-bond donors (Lipinski definition) is 2. The lowest BCUT2D eigenvalue weighted by molar-refractivity contribution is 0.106. The van der Waals surface area contributed by atoms with Crippen molar-refractivity contribution in [2.75, 3.05) is 18.4 Å². The van der Waals surface area contributed by atoms with Gasteiger partial charge in [0.25, 0.3) is 0 Å². The molecule has 158 valence electrons. The topological polar surface area (TPSA) is 78.5 Å². The van der Waals surface area contributed by atoms with Gasteiger partial charge < -0.3 is 10.2 Å². The quantitative estimate of drug-likeness (QED) is 0.789. The lowest BCUT2D eigenvalue weighted by atomic mass is 9.90. The first-order chi connectivity index (χ1) is 14.0. The number of amides is 2. The van der Waals surface area contributed by atoms with E-state index < -0.39 is 21.3 Å². The number of carbonyl (C=O) groups is 1. The molecular formula is C22H31N3O3S. The number of nitrogens with zero attached hydrogens (tertiary/aromatic N) is 1. The number of aryl methyl sites for hydroxylation is 2. The van der Waals surface area contributed by atoms with Gasteiger partial charge in [-0.25, -0.2) is 17.9 Å². The van der Waals surface area contributed by atoms with Gasteiger partial charge in [0.2, 0.25) is 10.0 Å². The summed E-state index contributed by atoms with van der Waals surface area (Å²) in [6, 6.07) is 2.36. The number of urea groups is 1. The van der Waals surface area contributed by atoms with Gasteiger partial charge in [-0.2, -0.15) is 0 Å². The molecule has 0 radical (unpaired) electrons. The van der Waals surface area contributed by atoms with Crippen molar-refractivity contribution < 1.29 is 13.2 Å². The van der Waals surface area contributed by atoms with E-state index >= 15 is 0 Å². The molecule has 2 amide bonds. The Balaban J connectivity index is 1.25. The summed E-state index contributed by atoms with van der Waals surface area (Å²) in [4.78, 5) is 15.1. The minimum Gasteiger partial charge on any atom is -0.307 e. The van der Waals surface area contributed by atoms with E-state index in [-0.39, 0.29) is 0 Å². The smallest absolute Gasteiger partial charge is 0.307 e. The summed E-state index contributed by atoms with van der Waals surface area (Å²) in [6.07, 6.45) is 11.2. The Hall–Kier alpha value is -1.60. The van der Waals surface area contributed by atoms with Crippen molar-refractivity contribution in [1.82, 2.24) is 9.62 Å². The molecule has 29 heavy (non-hydrogen) atoms. The molecular weight excluding hydrogens is 386 g/mol. The minimum atomic E-state index is -3.66. The average molecular weight is 418 g/mol. The van der Waals surface area contributed by atoms with Crippen LogP contribution in [-0.4, -0.2) is 43.7 Å². The van der Waals surface area contributed by atoms with E-state index in [1.54, 1.807) is 0 Å². The Labute approximate surface area is 173 Å². The van der Waals surface area contributed by atoms with Gasteiger partial charge in [0, 0.05) is 11.7 Å². The summed E-state index contributed by atoms with van der Waals surface area (Å²) in [7, 11) is -3.66. The average Bonchev–Trinajstić information content (AvgIpc) is 3.29. The second-order valence-corrected chi connectivity index (χ2v) is 11.1. The van der Waals surface area contributed by atoms with E-state index in [2.05, 4.69) is 21.0 Å². The standard InChI is InChI=1S/C22H31N3O3S/c26-22(23-21-19-8-1-4-15(19)14-16-5-2-9-20(16)21)24-29(27,28)18-10-12-25(13-11-18)17-6-3-7-17/h14,17-18H,1-13H2,(H2,23,24,26). The molecule has 2 N–H and O–H groups in total. The highest BCUT2D eigenvalue weighted by molar-refractivity contribution is 7.90. The van der Waals surface area contributed by atoms with E-state index in [1.165, 1.54) is 41.5 Å². The van der Waals surface area contributed by atoms with Gasteiger partial charge in [0.05, 0.1) is 5.25 Å². The van der Waals surface area contributed by atoms with Crippen molar-refractivity contribution in [3.05, 3.63) is 28.3 Å². The van der Waals surface area contributed by atoms with E-state index in [9.17, 15) is 13.2 Å². The summed E-state index contributed by atoms with van der Waals surface area (Å²) in [5.74, 6) is 0. The number of rotatable bonds is 4. The molecule has 1 aromatic carbocycles. The first kappa shape index (κ1) is 19.4. The molecule has 0 bridgehead atoms. The fourth-order valence-corrected chi connectivity index (χ4v) is 6.93. The molecule has 4 aliphatic rings. The highest BCUT2D eigenvalue weighted by atomic mass is 32.2. The lowest BCUT2D eigenvalue weighted by Gasteiger charge is -2.41. The fraction of sp³-hybridized carbons (Fsp3) is 0.682. The maximum Gasteiger partial charge on any atom is 0.332 e. The third-order valence-electron chi connectivity index (χ3n) is 7.45. The van der Waals surface area contributed by atoms with Crippen molar-refractivity contribution in [2.24, 2.45) is 0 Å². The van der Waals surface area contributed by atoms with Gasteiger partial charge in [-0.15, -0.1) is 0 Å². The van der Waals surface area contributed by atoms with Crippen molar-refractivity contribution in [1.29, 1.82) is 0 Å². The Morgan fingerprint density at radius 3 is 2.07 bits per heavy atom. The number of piperidine rings is 1. The molecule has 0 spiro atoms. The molecule has 5 rings (SSSR count). The van der Waals surface area contributed by atoms with E-state index in [1.807, 2.05) is 0 Å². The molecule has 1 saturated heterocycles. The fourth-order valence-electron chi connectivity index (χ4n) is 5.62. The van der Waals surface area contributed by atoms with Gasteiger partial charge >= 0.3 is 6.03 Å². The zero-order valence-electron chi connectivity index (χ0n) is 17.0. The number of likely N-dealkylation sites (tertiary alicyclic amines) is 1. The van der Waals surface area contributed by atoms with Gasteiger partial charge in [-0.05, 0) is 99.6 Å². The van der Waals surface area contributed by atoms with E-state index in [4.69, 9.17) is 0 Å². The molecule has 1 aliphatic heterocycles. The Morgan fingerprint density at radius 1 is 0.897 bits per heavy atom. The van der Waals surface area contributed by atoms with E-state index in [0.29, 0.717) is 18.9 Å². The van der Waals surface area contributed by atoms with Crippen LogP contribution in [0.2, 0.25) is 0 Å². The van der Waals surface area contributed by atoms with Gasteiger partial charge in [-0.1, -0.05) is 12.5 Å². The van der Waals surface area contributed by atoms with Gasteiger partial charge in [-0.3, -0.25) is 0 Å². The molecule has 1 aromatic rings. The molecule has 0 atom stereocenters. The van der Waals surface area contributed by atoms with Crippen molar-refractivity contribution in [2.45, 2.75) is 81.9 Å². The number of sulfonamides is 1. The number of hydrogen-bond acceptors (Lipinski definition) is 4. The van der Waals surface area contributed by atoms with Crippen LogP contribution >= 0.6 is 0 Å². The Morgan fingerprint density at radius 2 is 1.52 bits per heavy atom. The maximum absolute atomic E-state index is 12.8. The second-order valence-electron chi connectivity index (χ2n) is 9.16. The first-order valence-electron chi connectivity index (χ1n) is 11.2. The van der Waals surface area contributed by atoms with Crippen LogP contribution in [0.5, 0.6) is 0 Å². The second kappa shape index (κ2) is 7.58. The summed E-state index contributed by atoms with van der Waals surface area (Å²) in [6.45, 7) is 1.63. The number of carbonyl (C=O) groups excluding carboxylic acids is 1. The minimum absolute atomic E-state index is 0.475. The predicted molar refractivity (Wildman–Crippen MR) is 114 cm³/mol. The predicted octanol–water partition coefficient (Wildman–Crippen LogP) is 3.13. The number of nitrogens with one attached hydrogen (secondary N) is 2. The molecule has 0 unspecified atom stereocenters. The SMILES string of the molecule is O=C(Nc1c2c(cc3c1CCC3)CCC2)NS(=O)(=O)C1CCN(C2CCC2)CC1. The van der Waals surface area contributed by atoms with Crippen LogP contribution in [-0.2, 0) is 35.7 Å². The van der Waals surface area contributed by atoms with Crippen molar-refractivity contribution in [3.63, 3.8) is 0 Å². The van der Waals surface area contributed by atoms with Crippen molar-refractivity contribution >= 4 is 21.7 Å². The van der Waals surface area contributed by atoms with Crippen molar-refractivity contribution in [3.8, 4) is 0 Å². The van der Waals surface area contributed by atoms with Crippen LogP contribution in [0.25, 0.3) is 0 Å². The zero-order chi connectivity index (χ0) is 20.0. The summed E-state index contributed by atoms with van der Waals surface area (Å²) in [5, 5.41) is 2.47. The number of anilines is 1. The van der Waals surface area contributed by atoms with Crippen LogP contribution in [0.4, 0.5) is 10.5 Å². The van der Waals surface area contributed by atoms with Gasteiger partial charge in [0.15, 0.2) is 0 Å². The summed E-state index contributed by atoms with van der Waals surface area (Å²) < 4.78 is 28.0. The molecule has 2 fully saturated rings. The van der Waals surface area contributed by atoms with Gasteiger partial charge in [0.1, 0.15) is 0 Å². The first-order valence-corrected chi connectivity index (χ1v) is 12.8. The summed E-state index contributed by atoms with van der Waals surface area (Å²) >= 11 is 0. The molecule has 1 heterocycles. The van der Waals surface area contributed by atoms with Crippen LogP contribution in [0, 0.1) is 0 Å². The molecule has 1 saturated carbocycles. The highest BCUT2D eigenvalue weighted by Gasteiger charge is 2.35. The van der Waals surface area contributed by atoms with Crippen LogP contribution in [0.1, 0.15) is 67.2 Å². The number of benzene rings is 1. The normalized spacial score (nSPS) is 22.8. The maximum atomic E-state index is 12.8.